The van der Waals surface area contributed by atoms with Crippen LogP contribution in [0.4, 0.5) is 24.5 Å². The fourth-order valence-electron chi connectivity index (χ4n) is 2.87. The van der Waals surface area contributed by atoms with Crippen LogP contribution < -0.4 is 10.8 Å². The lowest BCUT2D eigenvalue weighted by Crippen LogP contribution is -2.41. The predicted molar refractivity (Wildman–Crippen MR) is 143 cm³/mol. The van der Waals surface area contributed by atoms with Crippen molar-refractivity contribution in [2.45, 2.75) is 58.9 Å². The minimum absolute atomic E-state index is 0.00933. The molecule has 8 nitrogen and oxygen atoms in total. The normalized spacial score (nSPS) is 13.0. The first kappa shape index (κ1) is 31.3. The highest BCUT2D eigenvalue weighted by Crippen LogP contribution is 2.36. The van der Waals surface area contributed by atoms with Crippen LogP contribution in [0.2, 0.25) is 18.1 Å². The van der Waals surface area contributed by atoms with Gasteiger partial charge in [0.15, 0.2) is 11.6 Å². The van der Waals surface area contributed by atoms with E-state index in [4.69, 9.17) is 14.1 Å². The molecule has 38 heavy (non-hydrogen) atoms. The number of aryl methyl sites for hydroxylation is 1. The first-order chi connectivity index (χ1) is 17.6. The number of benzene rings is 2. The number of oxime groups is 1. The van der Waals surface area contributed by atoms with Crippen LogP contribution in [0.3, 0.4) is 0 Å². The van der Waals surface area contributed by atoms with Crippen LogP contribution >= 0.6 is 0 Å². The average molecular weight is 556 g/mol. The number of hydrogen-bond donors (Lipinski definition) is 3. The zero-order chi connectivity index (χ0) is 28.7. The highest BCUT2D eigenvalue weighted by atomic mass is 28.4. The van der Waals surface area contributed by atoms with Gasteiger partial charge in [0.1, 0.15) is 12.4 Å². The van der Waals surface area contributed by atoms with Gasteiger partial charge >= 0.3 is 0 Å². The molecule has 211 valence electrons. The van der Waals surface area contributed by atoms with E-state index >= 15 is 4.39 Å². The molecule has 0 aliphatic heterocycles. The monoisotopic (exact) mass is 555 g/mol. The molecule has 1 unspecified atom stereocenters. The van der Waals surface area contributed by atoms with E-state index in [0.29, 0.717) is 5.56 Å². The molecule has 0 fully saturated rings. The van der Waals surface area contributed by atoms with Gasteiger partial charge in [-0.05, 0) is 45.9 Å². The second-order valence-electron chi connectivity index (χ2n) is 10.4. The van der Waals surface area contributed by atoms with Crippen LogP contribution in [0.15, 0.2) is 29.4 Å². The van der Waals surface area contributed by atoms with Gasteiger partial charge in [-0.25, -0.2) is 18.7 Å². The second-order valence-corrected chi connectivity index (χ2v) is 15.2. The third-order valence-electron chi connectivity index (χ3n) is 6.07. The summed E-state index contributed by atoms with van der Waals surface area (Å²) < 4.78 is 50.4. The van der Waals surface area contributed by atoms with E-state index in [1.54, 1.807) is 13.0 Å². The highest BCUT2D eigenvalue weighted by Gasteiger charge is 2.25. The molecule has 0 aliphatic rings. The summed E-state index contributed by atoms with van der Waals surface area (Å²) in [6.07, 6.45) is 0.0330. The lowest BCUT2D eigenvalue weighted by Gasteiger charge is -2.48. The lowest BCUT2D eigenvalue weighted by molar-refractivity contribution is 0.0184. The van der Waals surface area contributed by atoms with Crippen molar-refractivity contribution in [1.82, 2.24) is 5.48 Å². The van der Waals surface area contributed by atoms with Gasteiger partial charge in [0.2, 0.25) is 0 Å². The first-order valence-electron chi connectivity index (χ1n) is 12.1. The molecule has 2 aromatic carbocycles. The maximum atomic E-state index is 15.2. The topological polar surface area (TPSA) is 101 Å². The van der Waals surface area contributed by atoms with Gasteiger partial charge in [-0.2, -0.15) is 0 Å². The molecule has 2 rings (SSSR count). The first-order valence-corrected chi connectivity index (χ1v) is 15.0. The van der Waals surface area contributed by atoms with E-state index in [2.05, 4.69) is 49.8 Å². The lowest BCUT2D eigenvalue weighted by atomic mass is 10.1. The van der Waals surface area contributed by atoms with Gasteiger partial charge in [-0.1, -0.05) is 32.0 Å². The second kappa shape index (κ2) is 13.2. The summed E-state index contributed by atoms with van der Waals surface area (Å²) in [7, 11) is -2.02. The smallest absolute Gasteiger partial charge is 0.277 e. The van der Waals surface area contributed by atoms with Crippen LogP contribution in [0, 0.1) is 24.4 Å². The zero-order valence-corrected chi connectivity index (χ0v) is 23.7. The number of aliphatic hydroxyl groups excluding tert-OH is 1. The molecule has 1 amide bonds. The minimum Gasteiger partial charge on any atom is -0.563 e. The van der Waals surface area contributed by atoms with Crippen LogP contribution in [-0.2, 0) is 14.1 Å². The van der Waals surface area contributed by atoms with Crippen molar-refractivity contribution in [2.24, 2.45) is 5.16 Å². The van der Waals surface area contributed by atoms with Crippen molar-refractivity contribution in [3.8, 4) is 0 Å². The van der Waals surface area contributed by atoms with Crippen LogP contribution in [0.1, 0.15) is 49.2 Å². The molecule has 3 N–H and O–H groups in total. The fourth-order valence-corrected chi connectivity index (χ4v) is 3.90. The summed E-state index contributed by atoms with van der Waals surface area (Å²) >= 11 is 0. The third kappa shape index (κ3) is 8.55. The standard InChI is InChI=1S/C26H36F3N3O5Si/c1-16-8-9-21(20(27)12-16)31-24-19(13-18(22(28)23(24)29)14-30-36-15-17(2)33)25(34)32-35-10-11-37-38(6,7)26(3,4)5/h8-9,12-14,17,31,33H,10-11,15H2,1-7H3,(H,32,34)/q-1/b30-14+. The average Bonchev–Trinajstić information content (AvgIpc) is 2.81. The Balaban J connectivity index is 2.28. The van der Waals surface area contributed by atoms with Gasteiger partial charge in [0.25, 0.3) is 5.91 Å². The van der Waals surface area contributed by atoms with Gasteiger partial charge in [-0.3, -0.25) is 9.63 Å². The summed E-state index contributed by atoms with van der Waals surface area (Å²) in [5.41, 5.74) is 1.29. The van der Waals surface area contributed by atoms with E-state index in [-0.39, 0.29) is 36.1 Å². The van der Waals surface area contributed by atoms with Crippen molar-refractivity contribution in [3.63, 3.8) is 0 Å². The molecule has 0 heterocycles. The molecule has 12 heteroatoms. The number of rotatable bonds is 12. The molecule has 0 radical (unpaired) electrons. The Labute approximate surface area is 222 Å². The number of anilines is 2. The number of hydrogen-bond acceptors (Lipinski definition) is 7. The summed E-state index contributed by atoms with van der Waals surface area (Å²) in [6, 6.07) is 5.15. The van der Waals surface area contributed by atoms with E-state index in [1.807, 2.05) is 0 Å². The molecule has 0 spiro atoms. The largest absolute Gasteiger partial charge is 0.563 e. The highest BCUT2D eigenvalue weighted by molar-refractivity contribution is 6.74. The molecule has 0 saturated carbocycles. The van der Waals surface area contributed by atoms with Crippen molar-refractivity contribution < 1.29 is 37.2 Å². The summed E-state index contributed by atoms with van der Waals surface area (Å²) in [4.78, 5) is 23.0. The van der Waals surface area contributed by atoms with Gasteiger partial charge in [0, 0.05) is 12.2 Å². The number of aliphatic hydroxyl groups is 1. The van der Waals surface area contributed by atoms with E-state index in [9.17, 15) is 18.7 Å². The Morgan fingerprint density at radius 2 is 1.84 bits per heavy atom. The summed E-state index contributed by atoms with van der Waals surface area (Å²) in [5.74, 6) is -4.40. The number of carbonyl (C=O) groups is 1. The third-order valence-corrected chi connectivity index (χ3v) is 10.6. The number of carbonyl (C=O) groups excluding carboxylic acids is 1. The Morgan fingerprint density at radius 1 is 1.16 bits per heavy atom. The quantitative estimate of drug-likeness (QED) is 0.137. The molecule has 0 bridgehead atoms. The molecule has 0 aromatic heterocycles. The fraction of sp³-hybridized carbons (Fsp3) is 0.462. The summed E-state index contributed by atoms with van der Waals surface area (Å²) in [5, 5.41) is 15.2. The number of nitrogens with one attached hydrogen (secondary N) is 2. The Kier molecular flexibility index (Phi) is 10.9. The summed E-state index contributed by atoms with van der Waals surface area (Å²) in [6.45, 7) is 13.6. The maximum Gasteiger partial charge on any atom is 0.277 e. The molecular formula is C26H36F3N3O5Si-. The maximum absolute atomic E-state index is 15.2. The van der Waals surface area contributed by atoms with E-state index < -0.39 is 49.0 Å². The Hall–Kier alpha value is -2.93. The van der Waals surface area contributed by atoms with Crippen LogP contribution in [-0.4, -0.2) is 51.5 Å². The Bertz CT molecular complexity index is 1150. The van der Waals surface area contributed by atoms with Crippen LogP contribution in [0.5, 0.6) is 0 Å². The SMILES string of the molecule is Cc1ccc(Nc2c(C(=O)NOCCO[Si-](C)(C)C(C)(C)C)cc(/C=N/OCC(C)O)c(F)c2F)c(F)c1. The molecule has 0 aliphatic carbocycles. The van der Waals surface area contributed by atoms with Crippen molar-refractivity contribution in [2.75, 3.05) is 25.1 Å². The van der Waals surface area contributed by atoms with Crippen LogP contribution in [0.25, 0.3) is 0 Å². The van der Waals surface area contributed by atoms with Crippen molar-refractivity contribution >= 4 is 31.8 Å². The van der Waals surface area contributed by atoms with Crippen molar-refractivity contribution in [1.29, 1.82) is 0 Å². The number of amides is 1. The molecular weight excluding hydrogens is 519 g/mol. The minimum atomic E-state index is -2.02. The van der Waals surface area contributed by atoms with E-state index in [0.717, 1.165) is 12.3 Å². The van der Waals surface area contributed by atoms with Crippen molar-refractivity contribution in [3.05, 3.63) is 58.4 Å². The van der Waals surface area contributed by atoms with Gasteiger partial charge < -0.3 is 19.7 Å². The predicted octanol–water partition coefficient (Wildman–Crippen LogP) is 5.57. The number of halogens is 3. The molecule has 0 saturated heterocycles. The van der Waals surface area contributed by atoms with Gasteiger partial charge in [-0.15, -0.1) is 18.1 Å². The molecule has 2 aromatic rings. The van der Waals surface area contributed by atoms with Gasteiger partial charge in [0.05, 0.1) is 35.9 Å². The molecule has 1 atom stereocenters. The Morgan fingerprint density at radius 3 is 2.45 bits per heavy atom. The number of hydroxylamine groups is 1. The zero-order valence-electron chi connectivity index (χ0n) is 22.7. The van der Waals surface area contributed by atoms with E-state index in [1.165, 1.54) is 19.1 Å². The number of nitrogens with zero attached hydrogens (tertiary/aromatic N) is 1.